The molecule has 1 N–H and O–H groups in total. The molecule has 0 bridgehead atoms. The summed E-state index contributed by atoms with van der Waals surface area (Å²) < 4.78 is 16.2. The molecule has 0 spiro atoms. The molecular formula is C18H17ClFN3O3S. The van der Waals surface area contributed by atoms with Crippen molar-refractivity contribution in [1.29, 1.82) is 0 Å². The Bertz CT molecular complexity index is 1120. The number of halogens is 2. The number of aromatic nitrogens is 2. The van der Waals surface area contributed by atoms with Gasteiger partial charge in [0.1, 0.15) is 17.1 Å². The number of thiophene rings is 1. The number of unbranched alkanes of at least 4 members (excludes halogenated alkanes) is 1. The highest BCUT2D eigenvalue weighted by molar-refractivity contribution is 7.17. The number of hydrogen-bond acceptors (Lipinski definition) is 4. The zero-order valence-corrected chi connectivity index (χ0v) is 16.1. The lowest BCUT2D eigenvalue weighted by atomic mass is 10.3. The standard InChI is InChI=1S/C18H17ClFN3O3S/c1-2-3-7-22-17(25)16-14(6-8-27-16)23(18(22)26)10-15(24)21-13-9-11(20)4-5-12(13)19/h4-6,8-9H,2-3,7,10H2,1H3,(H,21,24). The molecule has 6 nitrogen and oxygen atoms in total. The maximum absolute atomic E-state index is 13.4. The van der Waals surface area contributed by atoms with E-state index in [1.165, 1.54) is 28.0 Å². The molecule has 3 aromatic rings. The third-order valence-corrected chi connectivity index (χ3v) is 5.30. The molecule has 3 rings (SSSR count). The van der Waals surface area contributed by atoms with Crippen LogP contribution in [-0.2, 0) is 17.9 Å². The van der Waals surface area contributed by atoms with Crippen LogP contribution in [-0.4, -0.2) is 15.0 Å². The van der Waals surface area contributed by atoms with Crippen LogP contribution in [0.25, 0.3) is 10.2 Å². The molecular weight excluding hydrogens is 393 g/mol. The summed E-state index contributed by atoms with van der Waals surface area (Å²) in [4.78, 5) is 37.7. The molecule has 0 aliphatic heterocycles. The zero-order valence-electron chi connectivity index (χ0n) is 14.5. The van der Waals surface area contributed by atoms with Gasteiger partial charge in [0.25, 0.3) is 5.56 Å². The summed E-state index contributed by atoms with van der Waals surface area (Å²) in [5.41, 5.74) is -0.359. The summed E-state index contributed by atoms with van der Waals surface area (Å²) in [6.45, 7) is 1.94. The Balaban J connectivity index is 1.97. The maximum Gasteiger partial charge on any atom is 0.332 e. The van der Waals surface area contributed by atoms with Crippen molar-refractivity contribution in [2.75, 3.05) is 5.32 Å². The Morgan fingerprint density at radius 3 is 2.78 bits per heavy atom. The second-order valence-electron chi connectivity index (χ2n) is 5.99. The number of anilines is 1. The van der Waals surface area contributed by atoms with Crippen molar-refractivity contribution in [2.45, 2.75) is 32.9 Å². The fourth-order valence-electron chi connectivity index (χ4n) is 2.73. The van der Waals surface area contributed by atoms with Crippen molar-refractivity contribution >= 4 is 44.7 Å². The Kier molecular flexibility index (Phi) is 5.76. The lowest BCUT2D eigenvalue weighted by molar-refractivity contribution is -0.116. The normalized spacial score (nSPS) is 11.1. The van der Waals surface area contributed by atoms with E-state index in [0.717, 1.165) is 17.1 Å². The van der Waals surface area contributed by atoms with E-state index in [4.69, 9.17) is 11.6 Å². The third-order valence-electron chi connectivity index (χ3n) is 4.08. The number of carbonyl (C=O) groups is 1. The van der Waals surface area contributed by atoms with Gasteiger partial charge in [-0.1, -0.05) is 24.9 Å². The van der Waals surface area contributed by atoms with Gasteiger partial charge in [0.05, 0.1) is 16.2 Å². The zero-order chi connectivity index (χ0) is 19.6. The van der Waals surface area contributed by atoms with Gasteiger partial charge in [0, 0.05) is 6.54 Å². The predicted molar refractivity (Wildman–Crippen MR) is 105 cm³/mol. The monoisotopic (exact) mass is 409 g/mol. The molecule has 0 aliphatic rings. The second-order valence-corrected chi connectivity index (χ2v) is 7.31. The molecule has 1 amide bonds. The van der Waals surface area contributed by atoms with Gasteiger partial charge in [-0.15, -0.1) is 11.3 Å². The predicted octanol–water partition coefficient (Wildman–Crippen LogP) is 3.46. The smallest absolute Gasteiger partial charge is 0.323 e. The average Bonchev–Trinajstić information content (AvgIpc) is 3.12. The number of nitrogens with one attached hydrogen (secondary N) is 1. The summed E-state index contributed by atoms with van der Waals surface area (Å²) in [7, 11) is 0. The number of benzene rings is 1. The Labute approximate surface area is 162 Å². The number of nitrogens with zero attached hydrogens (tertiary/aromatic N) is 2. The van der Waals surface area contributed by atoms with E-state index in [2.05, 4.69) is 5.32 Å². The molecule has 1 aromatic carbocycles. The van der Waals surface area contributed by atoms with Gasteiger partial charge in [0.15, 0.2) is 0 Å². The van der Waals surface area contributed by atoms with Crippen LogP contribution in [0.3, 0.4) is 0 Å². The quantitative estimate of drug-likeness (QED) is 0.677. The second kappa shape index (κ2) is 8.06. The first-order valence-electron chi connectivity index (χ1n) is 8.38. The van der Waals surface area contributed by atoms with Crippen molar-refractivity contribution in [3.05, 3.63) is 61.3 Å². The van der Waals surface area contributed by atoms with Crippen molar-refractivity contribution in [2.24, 2.45) is 0 Å². The van der Waals surface area contributed by atoms with Gasteiger partial charge in [0.2, 0.25) is 5.91 Å². The van der Waals surface area contributed by atoms with Crippen LogP contribution in [0.5, 0.6) is 0 Å². The minimum absolute atomic E-state index is 0.121. The van der Waals surface area contributed by atoms with E-state index < -0.39 is 17.4 Å². The van der Waals surface area contributed by atoms with E-state index in [-0.39, 0.29) is 22.8 Å². The molecule has 27 heavy (non-hydrogen) atoms. The third kappa shape index (κ3) is 3.96. The average molecular weight is 410 g/mol. The molecule has 0 atom stereocenters. The topological polar surface area (TPSA) is 73.1 Å². The number of hydrogen-bond donors (Lipinski definition) is 1. The van der Waals surface area contributed by atoms with E-state index in [0.29, 0.717) is 23.2 Å². The SMILES string of the molecule is CCCCn1c(=O)c2sccc2n(CC(=O)Nc2cc(F)ccc2Cl)c1=O. The van der Waals surface area contributed by atoms with Gasteiger partial charge in [-0.2, -0.15) is 0 Å². The summed E-state index contributed by atoms with van der Waals surface area (Å²) >= 11 is 7.19. The first-order valence-corrected chi connectivity index (χ1v) is 9.64. The van der Waals surface area contributed by atoms with E-state index >= 15 is 0 Å². The molecule has 2 aromatic heterocycles. The molecule has 0 radical (unpaired) electrons. The minimum Gasteiger partial charge on any atom is -0.323 e. The van der Waals surface area contributed by atoms with E-state index in [1.807, 2.05) is 6.92 Å². The van der Waals surface area contributed by atoms with E-state index in [9.17, 15) is 18.8 Å². The molecule has 0 saturated heterocycles. The summed E-state index contributed by atoms with van der Waals surface area (Å²) in [6.07, 6.45) is 1.50. The molecule has 0 unspecified atom stereocenters. The molecule has 142 valence electrons. The van der Waals surface area contributed by atoms with Gasteiger partial charge < -0.3 is 5.32 Å². The van der Waals surface area contributed by atoms with Crippen LogP contribution >= 0.6 is 22.9 Å². The Hall–Kier alpha value is -2.45. The largest absolute Gasteiger partial charge is 0.332 e. The molecule has 2 heterocycles. The molecule has 0 saturated carbocycles. The fourth-order valence-corrected chi connectivity index (χ4v) is 3.73. The fraction of sp³-hybridized carbons (Fsp3) is 0.278. The first-order chi connectivity index (χ1) is 12.9. The molecule has 0 fully saturated rings. The lowest BCUT2D eigenvalue weighted by Crippen LogP contribution is -2.41. The summed E-state index contributed by atoms with van der Waals surface area (Å²) in [6, 6.07) is 5.25. The Morgan fingerprint density at radius 2 is 2.04 bits per heavy atom. The van der Waals surface area contributed by atoms with Crippen molar-refractivity contribution in [3.8, 4) is 0 Å². The van der Waals surface area contributed by atoms with Gasteiger partial charge >= 0.3 is 5.69 Å². The van der Waals surface area contributed by atoms with Crippen LogP contribution in [0.15, 0.2) is 39.2 Å². The highest BCUT2D eigenvalue weighted by atomic mass is 35.5. The van der Waals surface area contributed by atoms with Gasteiger partial charge in [-0.3, -0.25) is 18.7 Å². The van der Waals surface area contributed by atoms with E-state index in [1.54, 1.807) is 11.4 Å². The highest BCUT2D eigenvalue weighted by Gasteiger charge is 2.17. The Morgan fingerprint density at radius 1 is 1.26 bits per heavy atom. The van der Waals surface area contributed by atoms with Crippen LogP contribution < -0.4 is 16.6 Å². The highest BCUT2D eigenvalue weighted by Crippen LogP contribution is 2.22. The number of amides is 1. The van der Waals surface area contributed by atoms with Crippen LogP contribution in [0.4, 0.5) is 10.1 Å². The molecule has 9 heteroatoms. The van der Waals surface area contributed by atoms with Gasteiger partial charge in [-0.25, -0.2) is 9.18 Å². The minimum atomic E-state index is -0.544. The van der Waals surface area contributed by atoms with Crippen molar-refractivity contribution in [3.63, 3.8) is 0 Å². The van der Waals surface area contributed by atoms with Crippen LogP contribution in [0.2, 0.25) is 5.02 Å². The number of carbonyl (C=O) groups excluding carboxylic acids is 1. The first kappa shape index (κ1) is 19.3. The summed E-state index contributed by atoms with van der Waals surface area (Å²) in [5.74, 6) is -1.09. The molecule has 0 aliphatic carbocycles. The summed E-state index contributed by atoms with van der Waals surface area (Å²) in [5, 5.41) is 4.39. The lowest BCUT2D eigenvalue weighted by Gasteiger charge is -2.12. The van der Waals surface area contributed by atoms with Crippen molar-refractivity contribution < 1.29 is 9.18 Å². The van der Waals surface area contributed by atoms with Crippen molar-refractivity contribution in [1.82, 2.24) is 9.13 Å². The van der Waals surface area contributed by atoms with Crippen LogP contribution in [0, 0.1) is 5.82 Å². The van der Waals surface area contributed by atoms with Gasteiger partial charge in [-0.05, 0) is 36.1 Å². The number of fused-ring (bicyclic) bond motifs is 1. The maximum atomic E-state index is 13.4. The van der Waals surface area contributed by atoms with Crippen LogP contribution in [0.1, 0.15) is 19.8 Å². The number of rotatable bonds is 6.